The van der Waals surface area contributed by atoms with Crippen molar-refractivity contribution in [2.24, 2.45) is 0 Å². The van der Waals surface area contributed by atoms with Crippen LogP contribution in [0.3, 0.4) is 0 Å². The summed E-state index contributed by atoms with van der Waals surface area (Å²) >= 11 is 0. The van der Waals surface area contributed by atoms with E-state index in [1.165, 1.54) is 11.1 Å². The molecule has 3 aromatic carbocycles. The number of fused-ring (bicyclic) bond motifs is 5. The van der Waals surface area contributed by atoms with Gasteiger partial charge in [-0.15, -0.1) is 0 Å². The van der Waals surface area contributed by atoms with Crippen LogP contribution in [0.5, 0.6) is 0 Å². The van der Waals surface area contributed by atoms with E-state index in [2.05, 4.69) is 39.8 Å². The van der Waals surface area contributed by atoms with E-state index in [-0.39, 0.29) is 5.41 Å². The predicted molar refractivity (Wildman–Crippen MR) is 99.4 cm³/mol. The molecule has 0 atom stereocenters. The van der Waals surface area contributed by atoms with Crippen LogP contribution < -0.4 is 0 Å². The fourth-order valence-corrected chi connectivity index (χ4v) is 3.66. The lowest BCUT2D eigenvalue weighted by molar-refractivity contribution is 0.570. The fourth-order valence-electron chi connectivity index (χ4n) is 3.66. The van der Waals surface area contributed by atoms with Gasteiger partial charge in [0.2, 0.25) is 0 Å². The molecule has 4 aromatic rings. The zero-order chi connectivity index (χ0) is 18.9. The van der Waals surface area contributed by atoms with E-state index in [1.54, 1.807) is 12.1 Å². The molecule has 0 saturated carbocycles. The monoisotopic (exact) mass is 305 g/mol. The van der Waals surface area contributed by atoms with E-state index in [1.807, 2.05) is 18.2 Å². The molecular formula is C22H22O. The first-order valence-electron chi connectivity index (χ1n) is 9.47. The van der Waals surface area contributed by atoms with Gasteiger partial charge in [0.1, 0.15) is 11.2 Å². The van der Waals surface area contributed by atoms with Crippen LogP contribution in [0.2, 0.25) is 0 Å². The van der Waals surface area contributed by atoms with Gasteiger partial charge in [-0.1, -0.05) is 62.7 Å². The molecule has 0 aliphatic rings. The smallest absolute Gasteiger partial charge is 0.143 e. The summed E-state index contributed by atoms with van der Waals surface area (Å²) in [5.74, 6) is 0. The molecule has 1 heteroatoms. The second kappa shape index (κ2) is 4.61. The van der Waals surface area contributed by atoms with Crippen molar-refractivity contribution in [3.8, 4) is 0 Å². The van der Waals surface area contributed by atoms with Gasteiger partial charge >= 0.3 is 0 Å². The first-order chi connectivity index (χ1) is 12.1. The van der Waals surface area contributed by atoms with Crippen LogP contribution in [0.4, 0.5) is 0 Å². The maximum Gasteiger partial charge on any atom is 0.143 e. The molecular weight excluding hydrogens is 280 g/mol. The summed E-state index contributed by atoms with van der Waals surface area (Å²) in [6.45, 7) is 6.61. The first kappa shape index (κ1) is 11.3. The van der Waals surface area contributed by atoms with Crippen molar-refractivity contribution in [1.29, 1.82) is 0 Å². The predicted octanol–water partition coefficient (Wildman–Crippen LogP) is 6.65. The Morgan fingerprint density at radius 1 is 0.870 bits per heavy atom. The van der Waals surface area contributed by atoms with Crippen LogP contribution >= 0.6 is 0 Å². The minimum Gasteiger partial charge on any atom is -0.455 e. The van der Waals surface area contributed by atoms with Gasteiger partial charge in [0, 0.05) is 25.8 Å². The summed E-state index contributed by atoms with van der Waals surface area (Å²) in [7, 11) is 0. The van der Waals surface area contributed by atoms with Gasteiger partial charge in [-0.05, 0) is 36.2 Å². The lowest BCUT2D eigenvalue weighted by atomic mass is 9.83. The third-order valence-corrected chi connectivity index (χ3v) is 4.58. The minimum absolute atomic E-state index is 0.0261. The summed E-state index contributed by atoms with van der Waals surface area (Å²) in [5.41, 5.74) is 4.52. The molecule has 4 rings (SSSR count). The highest BCUT2D eigenvalue weighted by atomic mass is 16.3. The summed E-state index contributed by atoms with van der Waals surface area (Å²) in [6, 6.07) is 13.6. The number of benzene rings is 3. The van der Waals surface area contributed by atoms with Crippen molar-refractivity contribution in [2.75, 3.05) is 0 Å². The summed E-state index contributed by atoms with van der Waals surface area (Å²) in [5, 5.41) is 4.01. The molecule has 0 saturated heterocycles. The van der Waals surface area contributed by atoms with Crippen LogP contribution in [0, 0.1) is 13.8 Å². The van der Waals surface area contributed by atoms with Gasteiger partial charge in [-0.25, -0.2) is 0 Å². The number of hydrogen-bond acceptors (Lipinski definition) is 1. The van der Waals surface area contributed by atoms with Gasteiger partial charge in [0.15, 0.2) is 0 Å². The standard InChI is InChI=1S/C22H22O/c1-13-6-9-16-15(12-13)8-11-17-18-10-7-14(2)19(22(3,4)5)21(18)23-20(16)17/h6-12H,1-5H3/i1D3. The van der Waals surface area contributed by atoms with Crippen molar-refractivity contribution in [1.82, 2.24) is 0 Å². The van der Waals surface area contributed by atoms with Gasteiger partial charge in [-0.2, -0.15) is 0 Å². The molecule has 1 heterocycles. The van der Waals surface area contributed by atoms with Crippen molar-refractivity contribution < 1.29 is 8.53 Å². The minimum atomic E-state index is -2.10. The maximum absolute atomic E-state index is 7.63. The fraction of sp³-hybridized carbons (Fsp3) is 0.273. The second-order valence-electron chi connectivity index (χ2n) is 7.36. The van der Waals surface area contributed by atoms with Crippen molar-refractivity contribution in [3.05, 3.63) is 59.2 Å². The Kier molecular flexibility index (Phi) is 2.26. The largest absolute Gasteiger partial charge is 0.455 e. The Morgan fingerprint density at radius 2 is 1.57 bits per heavy atom. The number of aryl methyl sites for hydroxylation is 2. The Labute approximate surface area is 141 Å². The summed E-state index contributed by atoms with van der Waals surface area (Å²) in [6.07, 6.45) is 0. The van der Waals surface area contributed by atoms with Crippen LogP contribution in [0.1, 0.15) is 41.6 Å². The van der Waals surface area contributed by atoms with E-state index in [9.17, 15) is 0 Å². The van der Waals surface area contributed by atoms with E-state index < -0.39 is 6.85 Å². The highest BCUT2D eigenvalue weighted by molar-refractivity contribution is 6.15. The Balaban J connectivity index is 2.11. The number of furan rings is 1. The second-order valence-corrected chi connectivity index (χ2v) is 7.36. The molecule has 23 heavy (non-hydrogen) atoms. The summed E-state index contributed by atoms with van der Waals surface area (Å²) in [4.78, 5) is 0. The lowest BCUT2D eigenvalue weighted by Gasteiger charge is -2.21. The topological polar surface area (TPSA) is 13.1 Å². The van der Waals surface area contributed by atoms with E-state index >= 15 is 0 Å². The molecule has 0 spiro atoms. The van der Waals surface area contributed by atoms with E-state index in [0.717, 1.165) is 32.7 Å². The first-order valence-corrected chi connectivity index (χ1v) is 7.97. The molecule has 0 fully saturated rings. The molecule has 0 N–H and O–H groups in total. The van der Waals surface area contributed by atoms with Crippen LogP contribution in [-0.2, 0) is 5.41 Å². The Bertz CT molecular complexity index is 1160. The SMILES string of the molecule is [2H]C([2H])([2H])c1ccc2c(ccc3c4ccc(C)c(C(C)(C)C)c4oc23)c1. The molecule has 0 bridgehead atoms. The van der Waals surface area contributed by atoms with Crippen molar-refractivity contribution >= 4 is 32.7 Å². The van der Waals surface area contributed by atoms with Gasteiger partial charge in [0.25, 0.3) is 0 Å². The number of hydrogen-bond donors (Lipinski definition) is 0. The molecule has 0 amide bonds. The molecule has 1 aromatic heterocycles. The molecule has 0 radical (unpaired) electrons. The van der Waals surface area contributed by atoms with Gasteiger partial charge < -0.3 is 4.42 Å². The van der Waals surface area contributed by atoms with Crippen LogP contribution in [-0.4, -0.2) is 0 Å². The highest BCUT2D eigenvalue weighted by Gasteiger charge is 2.23. The third kappa shape index (κ3) is 2.07. The molecule has 0 unspecified atom stereocenters. The van der Waals surface area contributed by atoms with Gasteiger partial charge in [0.05, 0.1) is 0 Å². The molecule has 1 nitrogen and oxygen atoms in total. The van der Waals surface area contributed by atoms with E-state index in [0.29, 0.717) is 5.56 Å². The number of rotatable bonds is 0. The quantitative estimate of drug-likeness (QED) is 0.354. The van der Waals surface area contributed by atoms with E-state index in [4.69, 9.17) is 8.53 Å². The lowest BCUT2D eigenvalue weighted by Crippen LogP contribution is -2.13. The zero-order valence-corrected chi connectivity index (χ0v) is 13.9. The average molecular weight is 305 g/mol. The molecule has 0 aliphatic heterocycles. The normalized spacial score (nSPS) is 15.0. The Morgan fingerprint density at radius 3 is 2.30 bits per heavy atom. The van der Waals surface area contributed by atoms with Crippen LogP contribution in [0.15, 0.2) is 46.9 Å². The van der Waals surface area contributed by atoms with Gasteiger partial charge in [-0.3, -0.25) is 0 Å². The van der Waals surface area contributed by atoms with Crippen molar-refractivity contribution in [2.45, 2.75) is 40.0 Å². The average Bonchev–Trinajstić information content (AvgIpc) is 2.90. The van der Waals surface area contributed by atoms with Crippen LogP contribution in [0.25, 0.3) is 32.7 Å². The Hall–Kier alpha value is -2.28. The zero-order valence-electron chi connectivity index (χ0n) is 16.9. The summed E-state index contributed by atoms with van der Waals surface area (Å²) < 4.78 is 29.3. The van der Waals surface area contributed by atoms with Crippen molar-refractivity contribution in [3.63, 3.8) is 0 Å². The molecule has 116 valence electrons. The maximum atomic E-state index is 7.63. The third-order valence-electron chi connectivity index (χ3n) is 4.58. The highest BCUT2D eigenvalue weighted by Crippen LogP contribution is 2.40. The molecule has 0 aliphatic carbocycles.